The maximum Gasteiger partial charge on any atom is 0.228 e. The van der Waals surface area contributed by atoms with Crippen molar-refractivity contribution in [3.63, 3.8) is 0 Å². The van der Waals surface area contributed by atoms with Crippen LogP contribution in [0.25, 0.3) is 0 Å². The first kappa shape index (κ1) is 13.3. The normalized spacial score (nSPS) is 15.0. The molecule has 0 aromatic heterocycles. The molecule has 0 atom stereocenters. The van der Waals surface area contributed by atoms with Crippen molar-refractivity contribution in [3.8, 4) is 5.75 Å². The van der Waals surface area contributed by atoms with Gasteiger partial charge in [-0.1, -0.05) is 13.8 Å². The molecule has 0 saturated heterocycles. The molecule has 1 N–H and O–H groups in total. The van der Waals surface area contributed by atoms with Crippen molar-refractivity contribution in [2.45, 2.75) is 26.7 Å². The number of ketones is 2. The zero-order valence-electron chi connectivity index (χ0n) is 11.4. The molecule has 0 aliphatic heterocycles. The predicted octanol–water partition coefficient (Wildman–Crippen LogP) is 2.82. The zero-order chi connectivity index (χ0) is 14.3. The summed E-state index contributed by atoms with van der Waals surface area (Å²) in [4.78, 5) is 24.7. The first-order valence-electron chi connectivity index (χ1n) is 6.09. The molecule has 0 saturated carbocycles. The molecule has 1 aliphatic carbocycles. The summed E-state index contributed by atoms with van der Waals surface area (Å²) in [6.45, 7) is 5.41. The second-order valence-electron chi connectivity index (χ2n) is 4.93. The van der Waals surface area contributed by atoms with E-state index in [0.717, 1.165) is 0 Å². The van der Waals surface area contributed by atoms with E-state index in [2.05, 4.69) is 0 Å². The third-order valence-corrected chi connectivity index (χ3v) is 3.34. The molecule has 1 aromatic rings. The fourth-order valence-corrected chi connectivity index (χ4v) is 2.37. The van der Waals surface area contributed by atoms with E-state index < -0.39 is 0 Å². The van der Waals surface area contributed by atoms with Crippen molar-refractivity contribution in [2.24, 2.45) is 0 Å². The van der Waals surface area contributed by atoms with Gasteiger partial charge in [-0.2, -0.15) is 0 Å². The number of carbonyl (C=O) groups is 2. The molecule has 0 fully saturated rings. The highest BCUT2D eigenvalue weighted by atomic mass is 16.5. The topological polar surface area (TPSA) is 63.6 Å². The number of methoxy groups -OCH3 is 1. The quantitative estimate of drug-likeness (QED) is 0.888. The summed E-state index contributed by atoms with van der Waals surface area (Å²) in [7, 11) is 1.36. The third-order valence-electron chi connectivity index (χ3n) is 3.34. The average Bonchev–Trinajstić information content (AvgIpc) is 2.35. The van der Waals surface area contributed by atoms with Gasteiger partial charge in [-0.3, -0.25) is 9.59 Å². The van der Waals surface area contributed by atoms with Gasteiger partial charge in [-0.15, -0.1) is 0 Å². The fourth-order valence-electron chi connectivity index (χ4n) is 2.37. The second kappa shape index (κ2) is 4.53. The van der Waals surface area contributed by atoms with Crippen LogP contribution in [0.4, 0.5) is 0 Å². The number of ether oxygens (including phenoxy) is 1. The molecular weight excluding hydrogens is 244 g/mol. The van der Waals surface area contributed by atoms with Crippen LogP contribution in [-0.2, 0) is 4.74 Å². The van der Waals surface area contributed by atoms with Crippen LogP contribution in [0.1, 0.15) is 53.0 Å². The van der Waals surface area contributed by atoms with E-state index in [1.165, 1.54) is 13.2 Å². The van der Waals surface area contributed by atoms with Gasteiger partial charge in [0.2, 0.25) is 5.78 Å². The van der Waals surface area contributed by atoms with E-state index in [9.17, 15) is 14.7 Å². The van der Waals surface area contributed by atoms with Gasteiger partial charge in [-0.05, 0) is 30.5 Å². The summed E-state index contributed by atoms with van der Waals surface area (Å²) < 4.78 is 5.01. The van der Waals surface area contributed by atoms with E-state index >= 15 is 0 Å². The summed E-state index contributed by atoms with van der Waals surface area (Å²) in [5.41, 5.74) is 1.60. The van der Waals surface area contributed by atoms with E-state index in [4.69, 9.17) is 4.74 Å². The van der Waals surface area contributed by atoms with Gasteiger partial charge in [0.25, 0.3) is 0 Å². The number of carbonyl (C=O) groups excluding carboxylic acids is 2. The van der Waals surface area contributed by atoms with Crippen LogP contribution >= 0.6 is 0 Å². The van der Waals surface area contributed by atoms with Crippen LogP contribution in [0.15, 0.2) is 23.5 Å². The number of phenols is 1. The number of benzene rings is 1. The average molecular weight is 260 g/mol. The van der Waals surface area contributed by atoms with Gasteiger partial charge in [0.15, 0.2) is 11.5 Å². The molecule has 4 heteroatoms. The molecule has 19 heavy (non-hydrogen) atoms. The number of aromatic hydroxyl groups is 1. The lowest BCUT2D eigenvalue weighted by Crippen LogP contribution is -2.23. The Morgan fingerprint density at radius 3 is 2.32 bits per heavy atom. The Labute approximate surface area is 111 Å². The van der Waals surface area contributed by atoms with E-state index in [1.807, 2.05) is 13.8 Å². The minimum Gasteiger partial charge on any atom is -0.508 e. The molecule has 0 radical (unpaired) electrons. The van der Waals surface area contributed by atoms with Gasteiger partial charge >= 0.3 is 0 Å². The number of allylic oxidation sites excluding steroid dienone is 2. The number of hydrogen-bond acceptors (Lipinski definition) is 4. The number of hydrogen-bond donors (Lipinski definition) is 1. The summed E-state index contributed by atoms with van der Waals surface area (Å²) in [6, 6.07) is 2.87. The van der Waals surface area contributed by atoms with E-state index in [1.54, 1.807) is 13.0 Å². The predicted molar refractivity (Wildman–Crippen MR) is 70.6 cm³/mol. The highest BCUT2D eigenvalue weighted by molar-refractivity contribution is 6.26. The van der Waals surface area contributed by atoms with Crippen LogP contribution in [0.5, 0.6) is 5.75 Å². The smallest absolute Gasteiger partial charge is 0.228 e. The van der Waals surface area contributed by atoms with Crippen LogP contribution in [0.3, 0.4) is 0 Å². The number of phenolic OH excluding ortho intramolecular Hbond substituents is 1. The molecule has 0 spiro atoms. The molecule has 100 valence electrons. The van der Waals surface area contributed by atoms with E-state index in [-0.39, 0.29) is 34.6 Å². The summed E-state index contributed by atoms with van der Waals surface area (Å²) in [5.74, 6) is -0.492. The van der Waals surface area contributed by atoms with Crippen LogP contribution in [-0.4, -0.2) is 23.8 Å². The monoisotopic (exact) mass is 260 g/mol. The zero-order valence-corrected chi connectivity index (χ0v) is 11.4. The Kier molecular flexibility index (Phi) is 3.18. The lowest BCUT2D eigenvalue weighted by Gasteiger charge is -2.22. The van der Waals surface area contributed by atoms with Crippen molar-refractivity contribution in [1.82, 2.24) is 0 Å². The molecule has 0 bridgehead atoms. The molecule has 0 heterocycles. The Bertz CT molecular complexity index is 609. The molecule has 1 aliphatic rings. The number of Topliss-reactive ketones (excluding diaryl/α,β-unsaturated/α-hetero) is 2. The fraction of sp³-hybridized carbons (Fsp3) is 0.333. The maximum atomic E-state index is 12.4. The lowest BCUT2D eigenvalue weighted by molar-refractivity contribution is 0.0905. The Hall–Kier alpha value is -2.10. The summed E-state index contributed by atoms with van der Waals surface area (Å²) >= 11 is 0. The van der Waals surface area contributed by atoms with Gasteiger partial charge in [0.1, 0.15) is 5.75 Å². The van der Waals surface area contributed by atoms with Gasteiger partial charge in [-0.25, -0.2) is 0 Å². The molecule has 1 aromatic carbocycles. The lowest BCUT2D eigenvalue weighted by atomic mass is 9.82. The highest BCUT2D eigenvalue weighted by Crippen LogP contribution is 2.34. The van der Waals surface area contributed by atoms with Gasteiger partial charge in [0.05, 0.1) is 7.11 Å². The standard InChI is InChI=1S/C15H16O4/c1-7(2)10-5-9(16)6-11-12(10)13(17)8(3)15(19-4)14(11)18/h5-7,16H,1-4H3. The number of rotatable bonds is 2. The summed E-state index contributed by atoms with van der Waals surface area (Å²) in [6.07, 6.45) is 0. The van der Waals surface area contributed by atoms with Crippen LogP contribution < -0.4 is 0 Å². The SMILES string of the molecule is COC1=C(C)C(=O)c2c(cc(O)cc2C(C)C)C1=O. The largest absolute Gasteiger partial charge is 0.508 e. The third kappa shape index (κ3) is 1.93. The maximum absolute atomic E-state index is 12.4. The minimum atomic E-state index is -0.354. The van der Waals surface area contributed by atoms with Crippen molar-refractivity contribution in [3.05, 3.63) is 40.2 Å². The first-order valence-corrected chi connectivity index (χ1v) is 6.09. The molecular formula is C15H16O4. The molecule has 0 unspecified atom stereocenters. The van der Waals surface area contributed by atoms with Crippen molar-refractivity contribution in [1.29, 1.82) is 0 Å². The van der Waals surface area contributed by atoms with Gasteiger partial charge in [0, 0.05) is 16.7 Å². The Morgan fingerprint density at radius 1 is 1.16 bits per heavy atom. The van der Waals surface area contributed by atoms with Crippen LogP contribution in [0, 0.1) is 0 Å². The van der Waals surface area contributed by atoms with Gasteiger partial charge < -0.3 is 9.84 Å². The molecule has 2 rings (SSSR count). The molecule has 4 nitrogen and oxygen atoms in total. The minimum absolute atomic E-state index is 0.0152. The summed E-state index contributed by atoms with van der Waals surface area (Å²) in [5, 5.41) is 9.73. The van der Waals surface area contributed by atoms with E-state index in [0.29, 0.717) is 16.7 Å². The molecule has 0 amide bonds. The van der Waals surface area contributed by atoms with Crippen LogP contribution in [0.2, 0.25) is 0 Å². The van der Waals surface area contributed by atoms with Crippen molar-refractivity contribution < 1.29 is 19.4 Å². The Morgan fingerprint density at radius 2 is 1.79 bits per heavy atom. The van der Waals surface area contributed by atoms with Crippen molar-refractivity contribution in [2.75, 3.05) is 7.11 Å². The Balaban J connectivity index is 2.79. The number of fused-ring (bicyclic) bond motifs is 1. The van der Waals surface area contributed by atoms with Crippen molar-refractivity contribution >= 4 is 11.6 Å². The highest BCUT2D eigenvalue weighted by Gasteiger charge is 2.33. The first-order chi connectivity index (χ1) is 8.88. The second-order valence-corrected chi connectivity index (χ2v) is 4.93.